The number of aryl methyl sites for hydroxylation is 1. The first-order valence-electron chi connectivity index (χ1n) is 7.70. The summed E-state index contributed by atoms with van der Waals surface area (Å²) in [5, 5.41) is 18.2. The SMILES string of the molecule is N#Cc1cc(-c2ccc(=O)n(CCCO)c2)c(-c2ccco2)nc1N. The van der Waals surface area contributed by atoms with Gasteiger partial charge in [-0.3, -0.25) is 4.79 Å². The summed E-state index contributed by atoms with van der Waals surface area (Å²) in [6.07, 6.45) is 3.67. The van der Waals surface area contributed by atoms with Gasteiger partial charge in [-0.2, -0.15) is 5.26 Å². The van der Waals surface area contributed by atoms with E-state index in [0.717, 1.165) is 0 Å². The molecule has 7 heteroatoms. The molecular weight excluding hydrogens is 320 g/mol. The fraction of sp³-hybridized carbons (Fsp3) is 0.167. The van der Waals surface area contributed by atoms with Gasteiger partial charge in [-0.05, 0) is 30.7 Å². The second-order valence-electron chi connectivity index (χ2n) is 5.43. The van der Waals surface area contributed by atoms with Crippen LogP contribution >= 0.6 is 0 Å². The molecule has 0 aromatic carbocycles. The highest BCUT2D eigenvalue weighted by molar-refractivity contribution is 5.81. The van der Waals surface area contributed by atoms with Gasteiger partial charge in [0, 0.05) is 36.5 Å². The van der Waals surface area contributed by atoms with Gasteiger partial charge in [0.2, 0.25) is 0 Å². The summed E-state index contributed by atoms with van der Waals surface area (Å²) in [4.78, 5) is 16.3. The van der Waals surface area contributed by atoms with Crippen LogP contribution in [-0.4, -0.2) is 21.3 Å². The molecule has 0 atom stereocenters. The lowest BCUT2D eigenvalue weighted by atomic mass is 10.0. The van der Waals surface area contributed by atoms with Crippen LogP contribution in [-0.2, 0) is 6.54 Å². The Morgan fingerprint density at radius 1 is 1.36 bits per heavy atom. The highest BCUT2D eigenvalue weighted by atomic mass is 16.3. The van der Waals surface area contributed by atoms with E-state index >= 15 is 0 Å². The Bertz CT molecular complexity index is 985. The number of nitriles is 1. The average Bonchev–Trinajstić information content (AvgIpc) is 3.15. The molecule has 0 bridgehead atoms. The molecule has 3 aromatic rings. The van der Waals surface area contributed by atoms with Gasteiger partial charge in [-0.25, -0.2) is 4.98 Å². The van der Waals surface area contributed by atoms with E-state index in [-0.39, 0.29) is 23.5 Å². The summed E-state index contributed by atoms with van der Waals surface area (Å²) in [7, 11) is 0. The largest absolute Gasteiger partial charge is 0.463 e. The highest BCUT2D eigenvalue weighted by Crippen LogP contribution is 2.32. The number of furan rings is 1. The van der Waals surface area contributed by atoms with Crippen molar-refractivity contribution in [2.45, 2.75) is 13.0 Å². The van der Waals surface area contributed by atoms with Crippen LogP contribution in [0.15, 0.2) is 52.0 Å². The van der Waals surface area contributed by atoms with E-state index in [0.29, 0.717) is 35.5 Å². The number of hydrogen-bond donors (Lipinski definition) is 2. The van der Waals surface area contributed by atoms with Crippen LogP contribution in [0.25, 0.3) is 22.6 Å². The number of nitrogens with zero attached hydrogens (tertiary/aromatic N) is 3. The molecule has 3 N–H and O–H groups in total. The van der Waals surface area contributed by atoms with Crippen molar-refractivity contribution in [3.8, 4) is 28.7 Å². The maximum Gasteiger partial charge on any atom is 0.250 e. The van der Waals surface area contributed by atoms with E-state index in [1.165, 1.54) is 16.9 Å². The van der Waals surface area contributed by atoms with E-state index in [2.05, 4.69) is 4.98 Å². The first-order valence-corrected chi connectivity index (χ1v) is 7.70. The fourth-order valence-electron chi connectivity index (χ4n) is 2.54. The molecule has 7 nitrogen and oxygen atoms in total. The van der Waals surface area contributed by atoms with Crippen molar-refractivity contribution in [1.82, 2.24) is 9.55 Å². The van der Waals surface area contributed by atoms with Gasteiger partial charge in [0.1, 0.15) is 17.6 Å². The molecule has 25 heavy (non-hydrogen) atoms. The molecule has 126 valence electrons. The predicted octanol–water partition coefficient (Wildman–Crippen LogP) is 2.01. The normalized spacial score (nSPS) is 10.6. The van der Waals surface area contributed by atoms with Gasteiger partial charge in [0.15, 0.2) is 5.76 Å². The second kappa shape index (κ2) is 7.03. The third-order valence-electron chi connectivity index (χ3n) is 3.78. The van der Waals surface area contributed by atoms with E-state index in [1.807, 2.05) is 6.07 Å². The van der Waals surface area contributed by atoms with Crippen molar-refractivity contribution in [1.29, 1.82) is 5.26 Å². The quantitative estimate of drug-likeness (QED) is 0.736. The van der Waals surface area contributed by atoms with Crippen LogP contribution < -0.4 is 11.3 Å². The summed E-state index contributed by atoms with van der Waals surface area (Å²) >= 11 is 0. The molecule has 0 radical (unpaired) electrons. The Morgan fingerprint density at radius 2 is 2.20 bits per heavy atom. The second-order valence-corrected chi connectivity index (χ2v) is 5.43. The number of aliphatic hydroxyl groups excluding tert-OH is 1. The van der Waals surface area contributed by atoms with Crippen LogP contribution in [0, 0.1) is 11.3 Å². The minimum atomic E-state index is -0.166. The summed E-state index contributed by atoms with van der Waals surface area (Å²) in [5.74, 6) is 0.630. The van der Waals surface area contributed by atoms with Crippen LogP contribution in [0.5, 0.6) is 0 Å². The van der Waals surface area contributed by atoms with Gasteiger partial charge in [-0.1, -0.05) is 0 Å². The van der Waals surface area contributed by atoms with Crippen LogP contribution in [0.2, 0.25) is 0 Å². The maximum atomic E-state index is 12.0. The van der Waals surface area contributed by atoms with Crippen LogP contribution in [0.3, 0.4) is 0 Å². The molecule has 0 aliphatic carbocycles. The summed E-state index contributed by atoms with van der Waals surface area (Å²) < 4.78 is 6.94. The van der Waals surface area contributed by atoms with Crippen molar-refractivity contribution in [3.05, 3.63) is 58.7 Å². The van der Waals surface area contributed by atoms with Gasteiger partial charge >= 0.3 is 0 Å². The van der Waals surface area contributed by atoms with Crippen molar-refractivity contribution in [2.75, 3.05) is 12.3 Å². The molecule has 0 saturated carbocycles. The lowest BCUT2D eigenvalue weighted by Gasteiger charge is -2.12. The Hall–Kier alpha value is -3.37. The van der Waals surface area contributed by atoms with E-state index in [9.17, 15) is 10.1 Å². The molecule has 0 aliphatic heterocycles. The number of nitrogen functional groups attached to an aromatic ring is 1. The van der Waals surface area contributed by atoms with Gasteiger partial charge in [-0.15, -0.1) is 0 Å². The molecule has 0 fully saturated rings. The Labute approximate surface area is 143 Å². The molecule has 0 aliphatic rings. The highest BCUT2D eigenvalue weighted by Gasteiger charge is 2.16. The third-order valence-corrected chi connectivity index (χ3v) is 3.78. The first-order chi connectivity index (χ1) is 12.1. The van der Waals surface area contributed by atoms with Gasteiger partial charge in [0.05, 0.1) is 11.8 Å². The molecule has 0 saturated heterocycles. The number of pyridine rings is 2. The molecule has 3 aromatic heterocycles. The lowest BCUT2D eigenvalue weighted by molar-refractivity contribution is 0.279. The number of aliphatic hydroxyl groups is 1. The summed E-state index contributed by atoms with van der Waals surface area (Å²) in [5.41, 5.74) is 7.76. The summed E-state index contributed by atoms with van der Waals surface area (Å²) in [6.45, 7) is 0.392. The minimum absolute atomic E-state index is 0.00365. The Balaban J connectivity index is 2.19. The smallest absolute Gasteiger partial charge is 0.250 e. The van der Waals surface area contributed by atoms with Crippen molar-refractivity contribution >= 4 is 5.82 Å². The Kier molecular flexibility index (Phi) is 4.64. The summed E-state index contributed by atoms with van der Waals surface area (Å²) in [6, 6.07) is 10.2. The molecule has 0 spiro atoms. The van der Waals surface area contributed by atoms with E-state index in [4.69, 9.17) is 15.3 Å². The zero-order valence-electron chi connectivity index (χ0n) is 13.3. The van der Waals surface area contributed by atoms with E-state index < -0.39 is 0 Å². The molecule has 3 rings (SSSR count). The number of aromatic nitrogens is 2. The average molecular weight is 336 g/mol. The van der Waals surface area contributed by atoms with E-state index in [1.54, 1.807) is 30.5 Å². The zero-order valence-corrected chi connectivity index (χ0v) is 13.3. The zero-order chi connectivity index (χ0) is 17.8. The van der Waals surface area contributed by atoms with Gasteiger partial charge in [0.25, 0.3) is 5.56 Å². The third kappa shape index (κ3) is 3.29. The molecule has 0 amide bonds. The van der Waals surface area contributed by atoms with Gasteiger partial charge < -0.3 is 19.8 Å². The molecular formula is C18H16N4O3. The predicted molar refractivity (Wildman–Crippen MR) is 92.5 cm³/mol. The van der Waals surface area contributed by atoms with Crippen molar-refractivity contribution in [3.63, 3.8) is 0 Å². The van der Waals surface area contributed by atoms with Crippen LogP contribution in [0.1, 0.15) is 12.0 Å². The number of rotatable bonds is 5. The lowest BCUT2D eigenvalue weighted by Crippen LogP contribution is -2.19. The fourth-order valence-corrected chi connectivity index (χ4v) is 2.54. The molecule has 3 heterocycles. The number of hydrogen-bond acceptors (Lipinski definition) is 6. The van der Waals surface area contributed by atoms with Crippen molar-refractivity contribution < 1.29 is 9.52 Å². The molecule has 0 unspecified atom stereocenters. The monoisotopic (exact) mass is 336 g/mol. The topological polar surface area (TPSA) is 118 Å². The minimum Gasteiger partial charge on any atom is -0.463 e. The number of anilines is 1. The Morgan fingerprint density at radius 3 is 2.88 bits per heavy atom. The number of nitrogens with two attached hydrogens (primary N) is 1. The maximum absolute atomic E-state index is 12.0. The standard InChI is InChI=1S/C18H16N4O3/c19-10-13-9-14(17(21-18(13)20)15-3-1-8-25-15)12-4-5-16(24)22(11-12)6-2-7-23/h1,3-5,8-9,11,23H,2,6-7H2,(H2,20,21). The van der Waals surface area contributed by atoms with Crippen LogP contribution in [0.4, 0.5) is 5.82 Å². The first kappa shape index (κ1) is 16.5. The van der Waals surface area contributed by atoms with Crippen molar-refractivity contribution in [2.24, 2.45) is 0 Å².